The number of methoxy groups -OCH3 is 2. The summed E-state index contributed by atoms with van der Waals surface area (Å²) in [6, 6.07) is 13.3. The average molecular weight is 347 g/mol. The Labute approximate surface area is 150 Å². The van der Waals surface area contributed by atoms with E-state index in [0.29, 0.717) is 23.0 Å². The summed E-state index contributed by atoms with van der Waals surface area (Å²) in [5.74, 6) is 1.74. The molecule has 26 heavy (non-hydrogen) atoms. The summed E-state index contributed by atoms with van der Waals surface area (Å²) in [6.07, 6.45) is 3.61. The third-order valence-corrected chi connectivity index (χ3v) is 4.19. The third-order valence-electron chi connectivity index (χ3n) is 4.19. The van der Waals surface area contributed by atoms with Crippen LogP contribution in [0.5, 0.6) is 17.4 Å². The van der Waals surface area contributed by atoms with Gasteiger partial charge in [0.1, 0.15) is 23.0 Å². The molecule has 6 heteroatoms. The van der Waals surface area contributed by atoms with E-state index in [1.165, 1.54) is 0 Å². The lowest BCUT2D eigenvalue weighted by molar-refractivity contribution is 0.394. The molecule has 4 rings (SSSR count). The predicted octanol–water partition coefficient (Wildman–Crippen LogP) is 4.06. The Balaban J connectivity index is 1.74. The van der Waals surface area contributed by atoms with Crippen molar-refractivity contribution < 1.29 is 14.6 Å². The van der Waals surface area contributed by atoms with Crippen LogP contribution in [0.25, 0.3) is 23.0 Å². The average Bonchev–Trinajstić information content (AvgIpc) is 3.25. The SMILES string of the molecule is COc1cc(OC)cc(-c2nc(O)c(/C=C3\C=Nc4ccccc43)[nH]2)c1. The van der Waals surface area contributed by atoms with Crippen LogP contribution < -0.4 is 9.47 Å². The van der Waals surface area contributed by atoms with Crippen molar-refractivity contribution in [2.75, 3.05) is 14.2 Å². The zero-order valence-corrected chi connectivity index (χ0v) is 14.4. The Morgan fingerprint density at radius 3 is 2.50 bits per heavy atom. The number of para-hydroxylation sites is 1. The molecule has 0 amide bonds. The highest BCUT2D eigenvalue weighted by Gasteiger charge is 2.15. The Morgan fingerprint density at radius 1 is 1.04 bits per heavy atom. The van der Waals surface area contributed by atoms with Crippen LogP contribution >= 0.6 is 0 Å². The van der Waals surface area contributed by atoms with Gasteiger partial charge in [-0.2, -0.15) is 4.98 Å². The van der Waals surface area contributed by atoms with Gasteiger partial charge >= 0.3 is 0 Å². The summed E-state index contributed by atoms with van der Waals surface area (Å²) in [7, 11) is 3.18. The fourth-order valence-corrected chi connectivity index (χ4v) is 2.87. The van der Waals surface area contributed by atoms with Crippen molar-refractivity contribution in [2.45, 2.75) is 0 Å². The minimum Gasteiger partial charge on any atom is -0.497 e. The quantitative estimate of drug-likeness (QED) is 0.746. The second-order valence-corrected chi connectivity index (χ2v) is 5.80. The number of hydrogen-bond donors (Lipinski definition) is 2. The predicted molar refractivity (Wildman–Crippen MR) is 101 cm³/mol. The summed E-state index contributed by atoms with van der Waals surface area (Å²) < 4.78 is 10.6. The van der Waals surface area contributed by atoms with E-state index in [4.69, 9.17) is 9.47 Å². The lowest BCUT2D eigenvalue weighted by Crippen LogP contribution is -1.89. The topological polar surface area (TPSA) is 79.7 Å². The lowest BCUT2D eigenvalue weighted by atomic mass is 10.1. The summed E-state index contributed by atoms with van der Waals surface area (Å²) in [6.45, 7) is 0. The highest BCUT2D eigenvalue weighted by molar-refractivity contribution is 6.21. The number of ether oxygens (including phenoxy) is 2. The number of aromatic amines is 1. The van der Waals surface area contributed by atoms with Crippen molar-refractivity contribution in [2.24, 2.45) is 4.99 Å². The van der Waals surface area contributed by atoms with Crippen molar-refractivity contribution in [3.63, 3.8) is 0 Å². The minimum atomic E-state index is -0.0768. The Morgan fingerprint density at radius 2 is 1.77 bits per heavy atom. The van der Waals surface area contributed by atoms with E-state index in [1.807, 2.05) is 42.5 Å². The van der Waals surface area contributed by atoms with Gasteiger partial charge in [-0.3, -0.25) is 4.99 Å². The number of aliphatic imine (C=N–C) groups is 1. The second kappa shape index (κ2) is 6.40. The van der Waals surface area contributed by atoms with Crippen LogP contribution in [0.1, 0.15) is 11.3 Å². The number of allylic oxidation sites excluding steroid dienone is 1. The van der Waals surface area contributed by atoms with Gasteiger partial charge < -0.3 is 19.6 Å². The largest absolute Gasteiger partial charge is 0.497 e. The summed E-state index contributed by atoms with van der Waals surface area (Å²) in [4.78, 5) is 11.8. The Kier molecular flexibility index (Phi) is 3.93. The first-order valence-corrected chi connectivity index (χ1v) is 8.05. The van der Waals surface area contributed by atoms with E-state index in [-0.39, 0.29) is 5.88 Å². The lowest BCUT2D eigenvalue weighted by Gasteiger charge is -2.06. The van der Waals surface area contributed by atoms with Gasteiger partial charge in [-0.15, -0.1) is 0 Å². The van der Waals surface area contributed by atoms with E-state index < -0.39 is 0 Å². The molecule has 0 aliphatic carbocycles. The fraction of sp³-hybridized carbons (Fsp3) is 0.100. The van der Waals surface area contributed by atoms with Gasteiger partial charge in [0.15, 0.2) is 0 Å². The zero-order valence-electron chi connectivity index (χ0n) is 14.4. The summed E-state index contributed by atoms with van der Waals surface area (Å²) in [5, 5.41) is 10.3. The standard InChI is InChI=1S/C20H17N3O3/c1-25-14-7-12(8-15(10-14)26-2)19-22-18(20(24)23-19)9-13-11-21-17-6-4-3-5-16(13)17/h3-11,24H,1-2H3,(H,22,23)/b13-9+. The molecule has 1 aromatic heterocycles. The molecule has 0 radical (unpaired) electrons. The molecule has 6 nitrogen and oxygen atoms in total. The van der Waals surface area contributed by atoms with Gasteiger partial charge in [0.25, 0.3) is 0 Å². The third kappa shape index (κ3) is 2.82. The number of benzene rings is 2. The molecule has 0 saturated carbocycles. The molecule has 130 valence electrons. The smallest absolute Gasteiger partial charge is 0.237 e. The first-order chi connectivity index (χ1) is 12.7. The molecule has 1 aliphatic heterocycles. The number of nitrogens with zero attached hydrogens (tertiary/aromatic N) is 2. The van der Waals surface area contributed by atoms with Gasteiger partial charge in [-0.25, -0.2) is 0 Å². The molecule has 3 aromatic rings. The molecule has 0 bridgehead atoms. The van der Waals surface area contributed by atoms with E-state index in [9.17, 15) is 5.11 Å². The number of hydrogen-bond acceptors (Lipinski definition) is 5. The van der Waals surface area contributed by atoms with E-state index in [1.54, 1.807) is 26.5 Å². The Hall–Kier alpha value is -3.54. The molecule has 2 aromatic carbocycles. The second-order valence-electron chi connectivity index (χ2n) is 5.80. The van der Waals surface area contributed by atoms with E-state index in [2.05, 4.69) is 15.0 Å². The first-order valence-electron chi connectivity index (χ1n) is 8.05. The van der Waals surface area contributed by atoms with Gasteiger partial charge in [0, 0.05) is 29.0 Å². The monoisotopic (exact) mass is 347 g/mol. The number of aromatic hydroxyl groups is 1. The number of fused-ring (bicyclic) bond motifs is 1. The summed E-state index contributed by atoms with van der Waals surface area (Å²) >= 11 is 0. The van der Waals surface area contributed by atoms with E-state index >= 15 is 0 Å². The molecule has 0 unspecified atom stereocenters. The highest BCUT2D eigenvalue weighted by atomic mass is 16.5. The van der Waals surface area contributed by atoms with Crippen LogP contribution in [-0.2, 0) is 0 Å². The summed E-state index contributed by atoms with van der Waals surface area (Å²) in [5.41, 5.74) is 4.11. The van der Waals surface area contributed by atoms with Crippen LogP contribution in [0.4, 0.5) is 5.69 Å². The number of rotatable bonds is 4. The minimum absolute atomic E-state index is 0.0768. The van der Waals surface area contributed by atoms with Crippen LogP contribution in [0.2, 0.25) is 0 Å². The highest BCUT2D eigenvalue weighted by Crippen LogP contribution is 2.34. The maximum Gasteiger partial charge on any atom is 0.237 e. The molecule has 2 N–H and O–H groups in total. The number of imidazole rings is 1. The van der Waals surface area contributed by atoms with Crippen LogP contribution in [0.3, 0.4) is 0 Å². The van der Waals surface area contributed by atoms with Gasteiger partial charge in [0.2, 0.25) is 5.88 Å². The fourth-order valence-electron chi connectivity index (χ4n) is 2.87. The van der Waals surface area contributed by atoms with Crippen molar-refractivity contribution in [3.8, 4) is 28.8 Å². The van der Waals surface area contributed by atoms with Crippen molar-refractivity contribution in [1.82, 2.24) is 9.97 Å². The molecule has 0 saturated heterocycles. The molecule has 0 fully saturated rings. The van der Waals surface area contributed by atoms with Gasteiger partial charge in [0.05, 0.1) is 19.9 Å². The van der Waals surface area contributed by atoms with Gasteiger partial charge in [-0.05, 0) is 24.3 Å². The molecule has 1 aliphatic rings. The van der Waals surface area contributed by atoms with Crippen LogP contribution in [-0.4, -0.2) is 35.5 Å². The number of nitrogens with one attached hydrogen (secondary N) is 1. The van der Waals surface area contributed by atoms with Gasteiger partial charge in [-0.1, -0.05) is 18.2 Å². The number of aromatic nitrogens is 2. The molecular weight excluding hydrogens is 330 g/mol. The van der Waals surface area contributed by atoms with Crippen molar-refractivity contribution >= 4 is 23.6 Å². The van der Waals surface area contributed by atoms with Crippen molar-refractivity contribution in [1.29, 1.82) is 0 Å². The van der Waals surface area contributed by atoms with Crippen LogP contribution in [0.15, 0.2) is 47.5 Å². The Bertz CT molecular complexity index is 1010. The van der Waals surface area contributed by atoms with E-state index in [0.717, 1.165) is 22.4 Å². The first kappa shape index (κ1) is 16.0. The molecular formula is C20H17N3O3. The zero-order chi connectivity index (χ0) is 18.1. The van der Waals surface area contributed by atoms with Crippen molar-refractivity contribution in [3.05, 3.63) is 53.7 Å². The number of H-pyrrole nitrogens is 1. The maximum absolute atomic E-state index is 10.3. The maximum atomic E-state index is 10.3. The normalized spacial score (nSPS) is 13.8. The van der Waals surface area contributed by atoms with Crippen LogP contribution in [0, 0.1) is 0 Å². The molecule has 2 heterocycles. The molecule has 0 spiro atoms. The molecule has 0 atom stereocenters.